The van der Waals surface area contributed by atoms with Crippen LogP contribution in [0.2, 0.25) is 0 Å². The molecular formula is C11H13NO3. The molecule has 1 saturated heterocycles. The first-order chi connectivity index (χ1) is 7.25. The van der Waals surface area contributed by atoms with E-state index in [9.17, 15) is 4.79 Å². The summed E-state index contributed by atoms with van der Waals surface area (Å²) in [5.41, 5.74) is 1.08. The molecule has 2 rings (SSSR count). The molecule has 1 aromatic rings. The molecule has 0 aromatic heterocycles. The fraction of sp³-hybridized carbons (Fsp3) is 0.364. The normalized spacial score (nSPS) is 19.5. The van der Waals surface area contributed by atoms with E-state index in [0.29, 0.717) is 13.2 Å². The van der Waals surface area contributed by atoms with E-state index in [1.165, 1.54) is 0 Å². The number of rotatable bonds is 3. The molecule has 15 heavy (non-hydrogen) atoms. The number of ether oxygens (including phenoxy) is 2. The molecule has 1 atom stereocenters. The SMILES string of the molecule is Cc1ccccc1OC[C@H]1CNC(=O)O1. The zero-order chi connectivity index (χ0) is 10.7. The molecular weight excluding hydrogens is 194 g/mol. The van der Waals surface area contributed by atoms with Gasteiger partial charge >= 0.3 is 6.09 Å². The molecule has 0 saturated carbocycles. The zero-order valence-electron chi connectivity index (χ0n) is 8.53. The molecule has 1 aromatic carbocycles. The summed E-state index contributed by atoms with van der Waals surface area (Å²) >= 11 is 0. The standard InChI is InChI=1S/C11H13NO3/c1-8-4-2-3-5-10(8)14-7-9-6-12-11(13)15-9/h2-5,9H,6-7H2,1H3,(H,12,13)/t9-/m1/s1. The highest BCUT2D eigenvalue weighted by Gasteiger charge is 2.22. The predicted octanol–water partition coefficient (Wildman–Crippen LogP) is 1.48. The minimum absolute atomic E-state index is 0.183. The summed E-state index contributed by atoms with van der Waals surface area (Å²) in [6.45, 7) is 2.89. The van der Waals surface area contributed by atoms with Gasteiger partial charge in [0.2, 0.25) is 0 Å². The molecule has 1 amide bonds. The summed E-state index contributed by atoms with van der Waals surface area (Å²) in [6.07, 6.45) is -0.550. The summed E-state index contributed by atoms with van der Waals surface area (Å²) < 4.78 is 10.5. The third-order valence-corrected chi connectivity index (χ3v) is 2.27. The van der Waals surface area contributed by atoms with E-state index in [1.807, 2.05) is 31.2 Å². The van der Waals surface area contributed by atoms with Gasteiger partial charge in [-0.05, 0) is 18.6 Å². The van der Waals surface area contributed by atoms with Crippen molar-refractivity contribution >= 4 is 6.09 Å². The Bertz CT molecular complexity index is 365. The highest BCUT2D eigenvalue weighted by atomic mass is 16.6. The largest absolute Gasteiger partial charge is 0.489 e. The Morgan fingerprint density at radius 3 is 3.00 bits per heavy atom. The first kappa shape index (κ1) is 9.83. The van der Waals surface area contributed by atoms with Crippen molar-refractivity contribution in [3.8, 4) is 5.75 Å². The molecule has 0 aliphatic carbocycles. The summed E-state index contributed by atoms with van der Waals surface area (Å²) in [6, 6.07) is 7.76. The van der Waals surface area contributed by atoms with Gasteiger partial charge in [0.15, 0.2) is 6.10 Å². The Labute approximate surface area is 88.2 Å². The number of hydrogen-bond donors (Lipinski definition) is 1. The van der Waals surface area contributed by atoms with Crippen LogP contribution in [0.15, 0.2) is 24.3 Å². The number of aryl methyl sites for hydroxylation is 1. The van der Waals surface area contributed by atoms with Gasteiger partial charge < -0.3 is 14.8 Å². The van der Waals surface area contributed by atoms with Crippen molar-refractivity contribution in [1.82, 2.24) is 5.32 Å². The van der Waals surface area contributed by atoms with Crippen molar-refractivity contribution < 1.29 is 14.3 Å². The number of carbonyl (C=O) groups is 1. The smallest absolute Gasteiger partial charge is 0.407 e. The molecule has 1 aliphatic heterocycles. The minimum Gasteiger partial charge on any atom is -0.489 e. The van der Waals surface area contributed by atoms with E-state index in [-0.39, 0.29) is 12.2 Å². The maximum Gasteiger partial charge on any atom is 0.407 e. The highest BCUT2D eigenvalue weighted by molar-refractivity contribution is 5.69. The molecule has 1 heterocycles. The Morgan fingerprint density at radius 1 is 1.53 bits per heavy atom. The molecule has 0 bridgehead atoms. The number of carbonyl (C=O) groups excluding carboxylic acids is 1. The first-order valence-corrected chi connectivity index (χ1v) is 4.88. The van der Waals surface area contributed by atoms with Crippen LogP contribution in [0.1, 0.15) is 5.56 Å². The molecule has 1 aliphatic rings. The maximum atomic E-state index is 10.7. The number of alkyl carbamates (subject to hydrolysis) is 1. The van der Waals surface area contributed by atoms with Gasteiger partial charge in [-0.25, -0.2) is 4.79 Å². The van der Waals surface area contributed by atoms with Crippen molar-refractivity contribution in [1.29, 1.82) is 0 Å². The van der Waals surface area contributed by atoms with Gasteiger partial charge in [-0.1, -0.05) is 18.2 Å². The van der Waals surface area contributed by atoms with Gasteiger partial charge in [-0.3, -0.25) is 0 Å². The fourth-order valence-corrected chi connectivity index (χ4v) is 1.43. The van der Waals surface area contributed by atoms with Crippen molar-refractivity contribution in [3.63, 3.8) is 0 Å². The van der Waals surface area contributed by atoms with Crippen LogP contribution in [0, 0.1) is 6.92 Å². The second-order valence-electron chi connectivity index (χ2n) is 3.48. The van der Waals surface area contributed by atoms with E-state index in [1.54, 1.807) is 0 Å². The summed E-state index contributed by atoms with van der Waals surface area (Å²) in [5, 5.41) is 2.58. The van der Waals surface area contributed by atoms with Crippen LogP contribution in [0.3, 0.4) is 0 Å². The van der Waals surface area contributed by atoms with Gasteiger partial charge in [0.05, 0.1) is 6.54 Å². The maximum absolute atomic E-state index is 10.7. The van der Waals surface area contributed by atoms with Crippen molar-refractivity contribution in [3.05, 3.63) is 29.8 Å². The first-order valence-electron chi connectivity index (χ1n) is 4.88. The van der Waals surface area contributed by atoms with Crippen LogP contribution in [0.25, 0.3) is 0 Å². The number of amides is 1. The van der Waals surface area contributed by atoms with E-state index in [4.69, 9.17) is 9.47 Å². The molecule has 0 radical (unpaired) electrons. The summed E-state index contributed by atoms with van der Waals surface area (Å²) in [4.78, 5) is 10.7. The third-order valence-electron chi connectivity index (χ3n) is 2.27. The van der Waals surface area contributed by atoms with Crippen molar-refractivity contribution in [2.24, 2.45) is 0 Å². The van der Waals surface area contributed by atoms with E-state index in [0.717, 1.165) is 11.3 Å². The molecule has 0 unspecified atom stereocenters. The second-order valence-corrected chi connectivity index (χ2v) is 3.48. The Morgan fingerprint density at radius 2 is 2.33 bits per heavy atom. The van der Waals surface area contributed by atoms with Crippen LogP contribution in [0.4, 0.5) is 4.79 Å². The van der Waals surface area contributed by atoms with Crippen molar-refractivity contribution in [2.45, 2.75) is 13.0 Å². The van der Waals surface area contributed by atoms with Gasteiger partial charge in [0, 0.05) is 0 Å². The number of cyclic esters (lactones) is 1. The topological polar surface area (TPSA) is 47.6 Å². The minimum atomic E-state index is -0.367. The quantitative estimate of drug-likeness (QED) is 0.816. The molecule has 4 nitrogen and oxygen atoms in total. The van der Waals surface area contributed by atoms with Gasteiger partial charge in [0.25, 0.3) is 0 Å². The highest BCUT2D eigenvalue weighted by Crippen LogP contribution is 2.16. The molecule has 1 fully saturated rings. The lowest BCUT2D eigenvalue weighted by Crippen LogP contribution is -2.22. The fourth-order valence-electron chi connectivity index (χ4n) is 1.43. The molecule has 4 heteroatoms. The van der Waals surface area contributed by atoms with Crippen LogP contribution in [-0.2, 0) is 4.74 Å². The zero-order valence-corrected chi connectivity index (χ0v) is 8.53. The third kappa shape index (κ3) is 2.40. The number of para-hydroxylation sites is 1. The average molecular weight is 207 g/mol. The van der Waals surface area contributed by atoms with E-state index < -0.39 is 0 Å². The summed E-state index contributed by atoms with van der Waals surface area (Å²) in [7, 11) is 0. The molecule has 0 spiro atoms. The Kier molecular flexibility index (Phi) is 2.76. The summed E-state index contributed by atoms with van der Waals surface area (Å²) in [5.74, 6) is 0.834. The van der Waals surface area contributed by atoms with Crippen LogP contribution >= 0.6 is 0 Å². The Hall–Kier alpha value is -1.71. The Balaban J connectivity index is 1.88. The van der Waals surface area contributed by atoms with E-state index in [2.05, 4.69) is 5.32 Å². The van der Waals surface area contributed by atoms with Crippen LogP contribution in [-0.4, -0.2) is 25.3 Å². The average Bonchev–Trinajstić information content (AvgIpc) is 2.63. The lowest BCUT2D eigenvalue weighted by Gasteiger charge is -2.11. The number of benzene rings is 1. The van der Waals surface area contributed by atoms with Crippen LogP contribution < -0.4 is 10.1 Å². The molecule has 80 valence electrons. The van der Waals surface area contributed by atoms with Crippen LogP contribution in [0.5, 0.6) is 5.75 Å². The molecule has 1 N–H and O–H groups in total. The lowest BCUT2D eigenvalue weighted by atomic mass is 10.2. The van der Waals surface area contributed by atoms with Gasteiger partial charge in [-0.15, -0.1) is 0 Å². The predicted molar refractivity (Wildman–Crippen MR) is 54.9 cm³/mol. The second kappa shape index (κ2) is 4.21. The number of hydrogen-bond acceptors (Lipinski definition) is 3. The lowest BCUT2D eigenvalue weighted by molar-refractivity contribution is 0.104. The van der Waals surface area contributed by atoms with Gasteiger partial charge in [-0.2, -0.15) is 0 Å². The monoisotopic (exact) mass is 207 g/mol. The number of nitrogens with one attached hydrogen (secondary N) is 1. The van der Waals surface area contributed by atoms with E-state index >= 15 is 0 Å². The van der Waals surface area contributed by atoms with Crippen molar-refractivity contribution in [2.75, 3.05) is 13.2 Å². The van der Waals surface area contributed by atoms with Gasteiger partial charge in [0.1, 0.15) is 12.4 Å².